The number of guanidine groups is 1. The highest BCUT2D eigenvalue weighted by Gasteiger charge is 2.25. The molecule has 1 unspecified atom stereocenters. The van der Waals surface area contributed by atoms with Gasteiger partial charge in [-0.15, -0.1) is 0 Å². The largest absolute Gasteiger partial charge is 0.387 e. The number of ether oxygens (including phenoxy) is 1. The lowest BCUT2D eigenvalue weighted by Crippen LogP contribution is -2.52. The van der Waals surface area contributed by atoms with Gasteiger partial charge in [-0.2, -0.15) is 0 Å². The Morgan fingerprint density at radius 2 is 2.12 bits per heavy atom. The van der Waals surface area contributed by atoms with Gasteiger partial charge in [-0.1, -0.05) is 15.9 Å². The molecule has 26 heavy (non-hydrogen) atoms. The van der Waals surface area contributed by atoms with Gasteiger partial charge in [0.05, 0.1) is 25.4 Å². The molecular weight excluding hydrogens is 403 g/mol. The van der Waals surface area contributed by atoms with Crippen molar-refractivity contribution in [3.8, 4) is 0 Å². The highest BCUT2D eigenvalue weighted by atomic mass is 79.9. The van der Waals surface area contributed by atoms with Gasteiger partial charge in [-0.05, 0) is 37.6 Å². The Bertz CT molecular complexity index is 607. The van der Waals surface area contributed by atoms with Crippen LogP contribution in [0.5, 0.6) is 0 Å². The van der Waals surface area contributed by atoms with E-state index in [1.807, 2.05) is 13.8 Å². The number of aliphatic hydroxyl groups is 1. The van der Waals surface area contributed by atoms with Gasteiger partial charge in [0.15, 0.2) is 5.96 Å². The van der Waals surface area contributed by atoms with E-state index in [9.17, 15) is 9.50 Å². The van der Waals surface area contributed by atoms with Crippen LogP contribution in [0, 0.1) is 5.82 Å². The van der Waals surface area contributed by atoms with Crippen molar-refractivity contribution >= 4 is 21.9 Å². The first kappa shape index (κ1) is 21.1. The van der Waals surface area contributed by atoms with E-state index in [4.69, 9.17) is 4.74 Å². The molecule has 3 N–H and O–H groups in total. The molecule has 1 fully saturated rings. The van der Waals surface area contributed by atoms with Crippen LogP contribution in [-0.2, 0) is 11.3 Å². The molecule has 1 heterocycles. The molecule has 2 rings (SSSR count). The van der Waals surface area contributed by atoms with Crippen molar-refractivity contribution in [3.63, 3.8) is 0 Å². The quantitative estimate of drug-likeness (QED) is 0.453. The Balaban J connectivity index is 1.92. The molecule has 1 saturated heterocycles. The zero-order chi connectivity index (χ0) is 19.0. The third kappa shape index (κ3) is 7.19. The molecule has 1 atom stereocenters. The van der Waals surface area contributed by atoms with Gasteiger partial charge in [-0.3, -0.25) is 4.90 Å². The summed E-state index contributed by atoms with van der Waals surface area (Å²) in [4.78, 5) is 6.68. The van der Waals surface area contributed by atoms with E-state index in [0.29, 0.717) is 45.4 Å². The van der Waals surface area contributed by atoms with E-state index in [1.165, 1.54) is 12.1 Å². The number of hydrogen-bond donors (Lipinski definition) is 3. The molecule has 1 aromatic rings. The van der Waals surface area contributed by atoms with Crippen molar-refractivity contribution in [3.05, 3.63) is 34.1 Å². The zero-order valence-corrected chi connectivity index (χ0v) is 17.0. The Morgan fingerprint density at radius 1 is 1.38 bits per heavy atom. The van der Waals surface area contributed by atoms with Gasteiger partial charge in [0, 0.05) is 37.2 Å². The molecule has 0 aromatic heterocycles. The van der Waals surface area contributed by atoms with E-state index in [0.717, 1.165) is 23.1 Å². The Labute approximate surface area is 163 Å². The van der Waals surface area contributed by atoms with Gasteiger partial charge >= 0.3 is 0 Å². The third-order valence-electron chi connectivity index (χ3n) is 4.06. The van der Waals surface area contributed by atoms with Crippen LogP contribution in [-0.4, -0.2) is 67.5 Å². The Morgan fingerprint density at radius 3 is 2.81 bits per heavy atom. The highest BCUT2D eigenvalue weighted by Crippen LogP contribution is 2.18. The van der Waals surface area contributed by atoms with E-state index in [1.54, 1.807) is 6.07 Å². The number of halogens is 2. The molecule has 0 radical (unpaired) electrons. The van der Waals surface area contributed by atoms with Crippen LogP contribution >= 0.6 is 15.9 Å². The first-order valence-corrected chi connectivity index (χ1v) is 9.67. The number of rotatable bonds is 7. The number of morpholine rings is 1. The van der Waals surface area contributed by atoms with E-state index < -0.39 is 5.60 Å². The lowest BCUT2D eigenvalue weighted by molar-refractivity contribution is -0.0201. The first-order chi connectivity index (χ1) is 12.4. The monoisotopic (exact) mass is 430 g/mol. The Kier molecular flexibility index (Phi) is 8.27. The summed E-state index contributed by atoms with van der Waals surface area (Å²) in [6.45, 7) is 8.81. The van der Waals surface area contributed by atoms with Crippen LogP contribution in [0.4, 0.5) is 4.39 Å². The van der Waals surface area contributed by atoms with Crippen LogP contribution in [0.3, 0.4) is 0 Å². The second-order valence-corrected chi connectivity index (χ2v) is 7.52. The van der Waals surface area contributed by atoms with E-state index in [2.05, 4.69) is 36.5 Å². The standard InChI is InChI=1S/C18H28BrFN4O2/c1-3-21-17(22-11-14-10-15(20)4-5-16(14)19)23-12-18(2,25)13-24-6-8-26-9-7-24/h4-5,10,25H,3,6-9,11-13H2,1-2H3,(H2,21,22,23). The lowest BCUT2D eigenvalue weighted by Gasteiger charge is -2.34. The minimum atomic E-state index is -0.896. The summed E-state index contributed by atoms with van der Waals surface area (Å²) in [7, 11) is 0. The number of nitrogens with zero attached hydrogens (tertiary/aromatic N) is 2. The SMILES string of the molecule is CCNC(=NCc1cc(F)ccc1Br)NCC(C)(O)CN1CCOCC1. The summed E-state index contributed by atoms with van der Waals surface area (Å²) in [5, 5.41) is 17.0. The van der Waals surface area contributed by atoms with Crippen molar-refractivity contribution < 1.29 is 14.2 Å². The summed E-state index contributed by atoms with van der Waals surface area (Å²) in [6, 6.07) is 4.54. The summed E-state index contributed by atoms with van der Waals surface area (Å²) in [5.74, 6) is 0.302. The maximum Gasteiger partial charge on any atom is 0.191 e. The average Bonchev–Trinajstić information content (AvgIpc) is 2.60. The predicted octanol–water partition coefficient (Wildman–Crippen LogP) is 1.73. The molecule has 1 aromatic carbocycles. The highest BCUT2D eigenvalue weighted by molar-refractivity contribution is 9.10. The minimum absolute atomic E-state index is 0.287. The lowest BCUT2D eigenvalue weighted by atomic mass is 10.1. The second kappa shape index (κ2) is 10.2. The van der Waals surface area contributed by atoms with Gasteiger partial charge < -0.3 is 20.5 Å². The number of β-amino-alcohol motifs (C(OH)–C–C–N with tert-alkyl or cyclic N) is 1. The van der Waals surface area contributed by atoms with Crippen LogP contribution < -0.4 is 10.6 Å². The summed E-state index contributed by atoms with van der Waals surface area (Å²) in [5.41, 5.74) is -0.130. The topological polar surface area (TPSA) is 69.1 Å². The smallest absolute Gasteiger partial charge is 0.191 e. The number of hydrogen-bond acceptors (Lipinski definition) is 4. The number of nitrogens with one attached hydrogen (secondary N) is 2. The molecule has 0 aliphatic carbocycles. The van der Waals surface area contributed by atoms with Crippen LogP contribution in [0.1, 0.15) is 19.4 Å². The van der Waals surface area contributed by atoms with Gasteiger partial charge in [0.1, 0.15) is 5.82 Å². The molecule has 0 bridgehead atoms. The summed E-state index contributed by atoms with van der Waals surface area (Å²) in [6.07, 6.45) is 0. The fourth-order valence-corrected chi connectivity index (χ4v) is 3.11. The minimum Gasteiger partial charge on any atom is -0.387 e. The fraction of sp³-hybridized carbons (Fsp3) is 0.611. The normalized spacial score (nSPS) is 18.4. The van der Waals surface area contributed by atoms with Crippen LogP contribution in [0.15, 0.2) is 27.7 Å². The van der Waals surface area contributed by atoms with Crippen molar-refractivity contribution in [2.24, 2.45) is 4.99 Å². The molecule has 1 aliphatic rings. The predicted molar refractivity (Wildman–Crippen MR) is 105 cm³/mol. The summed E-state index contributed by atoms with van der Waals surface area (Å²) >= 11 is 3.41. The maximum atomic E-state index is 13.4. The first-order valence-electron chi connectivity index (χ1n) is 8.88. The van der Waals surface area contributed by atoms with Crippen molar-refractivity contribution in [2.45, 2.75) is 26.0 Å². The number of benzene rings is 1. The van der Waals surface area contributed by atoms with Crippen LogP contribution in [0.25, 0.3) is 0 Å². The molecule has 1 aliphatic heterocycles. The van der Waals surface area contributed by atoms with Gasteiger partial charge in [0.25, 0.3) is 0 Å². The van der Waals surface area contributed by atoms with Crippen LogP contribution in [0.2, 0.25) is 0 Å². The molecular formula is C18H28BrFN4O2. The molecule has 0 spiro atoms. The zero-order valence-electron chi connectivity index (χ0n) is 15.4. The third-order valence-corrected chi connectivity index (χ3v) is 4.84. The van der Waals surface area contributed by atoms with Crippen molar-refractivity contribution in [1.82, 2.24) is 15.5 Å². The number of aliphatic imine (C=N–C) groups is 1. The van der Waals surface area contributed by atoms with E-state index in [-0.39, 0.29) is 5.82 Å². The van der Waals surface area contributed by atoms with Gasteiger partial charge in [0.2, 0.25) is 0 Å². The van der Waals surface area contributed by atoms with Crippen molar-refractivity contribution in [2.75, 3.05) is 45.9 Å². The summed E-state index contributed by atoms with van der Waals surface area (Å²) < 4.78 is 19.6. The van der Waals surface area contributed by atoms with Gasteiger partial charge in [-0.25, -0.2) is 9.38 Å². The fourth-order valence-electron chi connectivity index (χ4n) is 2.74. The van der Waals surface area contributed by atoms with Crippen molar-refractivity contribution in [1.29, 1.82) is 0 Å². The average molecular weight is 431 g/mol. The Hall–Kier alpha value is -1.22. The molecule has 146 valence electrons. The maximum absolute atomic E-state index is 13.4. The molecule has 0 saturated carbocycles. The van der Waals surface area contributed by atoms with E-state index >= 15 is 0 Å². The molecule has 0 amide bonds. The second-order valence-electron chi connectivity index (χ2n) is 6.67. The molecule has 8 heteroatoms. The molecule has 6 nitrogen and oxygen atoms in total.